The number of nitrogens with zero attached hydrogens (tertiary/aromatic N) is 2. The lowest BCUT2D eigenvalue weighted by Gasteiger charge is -2.13. The van der Waals surface area contributed by atoms with Crippen LogP contribution in [0.15, 0.2) is 27.5 Å². The minimum Gasteiger partial charge on any atom is -0.396 e. The zero-order valence-corrected chi connectivity index (χ0v) is 12.2. The van der Waals surface area contributed by atoms with Crippen molar-refractivity contribution in [3.63, 3.8) is 0 Å². The van der Waals surface area contributed by atoms with E-state index in [4.69, 9.17) is 5.73 Å². The zero-order valence-electron chi connectivity index (χ0n) is 10.6. The molecule has 0 radical (unpaired) electrons. The van der Waals surface area contributed by atoms with Gasteiger partial charge in [0.05, 0.1) is 22.4 Å². The third kappa shape index (κ3) is 2.53. The standard InChI is InChI=1S/C13H13BrFN3O/c1-7-11(14)8(2)18(13(19)17-7)6-9-4-3-5-10(16)12(9)15/h3-5H,6,16H2,1-2H3. The van der Waals surface area contributed by atoms with Crippen molar-refractivity contribution in [2.45, 2.75) is 20.4 Å². The number of aryl methyl sites for hydroxylation is 1. The summed E-state index contributed by atoms with van der Waals surface area (Å²) in [5.74, 6) is -0.495. The number of hydrogen-bond acceptors (Lipinski definition) is 3. The third-order valence-corrected chi connectivity index (χ3v) is 4.12. The monoisotopic (exact) mass is 325 g/mol. The summed E-state index contributed by atoms with van der Waals surface area (Å²) >= 11 is 3.37. The first-order chi connectivity index (χ1) is 8.91. The number of rotatable bonds is 2. The molecular formula is C13H13BrFN3O. The van der Waals surface area contributed by atoms with Crippen molar-refractivity contribution >= 4 is 21.6 Å². The number of benzene rings is 1. The van der Waals surface area contributed by atoms with Gasteiger partial charge in [0.15, 0.2) is 5.82 Å². The molecule has 0 atom stereocenters. The molecule has 4 nitrogen and oxygen atoms in total. The van der Waals surface area contributed by atoms with Crippen molar-refractivity contribution in [2.24, 2.45) is 0 Å². The smallest absolute Gasteiger partial charge is 0.348 e. The molecule has 0 aliphatic rings. The van der Waals surface area contributed by atoms with E-state index in [9.17, 15) is 9.18 Å². The Kier molecular flexibility index (Phi) is 3.71. The van der Waals surface area contributed by atoms with Crippen LogP contribution >= 0.6 is 15.9 Å². The van der Waals surface area contributed by atoms with Gasteiger partial charge in [-0.3, -0.25) is 4.57 Å². The van der Waals surface area contributed by atoms with Crippen molar-refractivity contribution in [3.8, 4) is 0 Å². The molecule has 0 amide bonds. The van der Waals surface area contributed by atoms with Gasteiger partial charge in [-0.15, -0.1) is 0 Å². The first-order valence-electron chi connectivity index (χ1n) is 5.68. The highest BCUT2D eigenvalue weighted by molar-refractivity contribution is 9.10. The van der Waals surface area contributed by atoms with Gasteiger partial charge in [0, 0.05) is 11.3 Å². The molecule has 0 aliphatic heterocycles. The second kappa shape index (κ2) is 5.13. The molecule has 0 fully saturated rings. The van der Waals surface area contributed by atoms with Crippen molar-refractivity contribution in [2.75, 3.05) is 5.73 Å². The maximum Gasteiger partial charge on any atom is 0.348 e. The molecule has 100 valence electrons. The molecule has 1 aromatic heterocycles. The van der Waals surface area contributed by atoms with Crippen LogP contribution in [0.1, 0.15) is 17.0 Å². The predicted molar refractivity (Wildman–Crippen MR) is 75.6 cm³/mol. The number of nitrogens with two attached hydrogens (primary N) is 1. The molecule has 0 saturated carbocycles. The van der Waals surface area contributed by atoms with Gasteiger partial charge in [-0.05, 0) is 35.8 Å². The van der Waals surface area contributed by atoms with Gasteiger partial charge in [0.25, 0.3) is 0 Å². The molecule has 19 heavy (non-hydrogen) atoms. The van der Waals surface area contributed by atoms with Crippen molar-refractivity contribution in [3.05, 3.63) is 55.9 Å². The maximum atomic E-state index is 13.9. The summed E-state index contributed by atoms with van der Waals surface area (Å²) in [6, 6.07) is 4.74. The van der Waals surface area contributed by atoms with Crippen molar-refractivity contribution < 1.29 is 4.39 Å². The van der Waals surface area contributed by atoms with E-state index in [0.717, 1.165) is 4.47 Å². The van der Waals surface area contributed by atoms with Crippen LogP contribution in [0.5, 0.6) is 0 Å². The Morgan fingerprint density at radius 3 is 2.79 bits per heavy atom. The molecular weight excluding hydrogens is 313 g/mol. The fourth-order valence-corrected chi connectivity index (χ4v) is 2.16. The zero-order chi connectivity index (χ0) is 14.2. The Morgan fingerprint density at radius 1 is 1.42 bits per heavy atom. The van der Waals surface area contributed by atoms with Crippen LogP contribution in [0.2, 0.25) is 0 Å². The van der Waals surface area contributed by atoms with Crippen LogP contribution in [-0.4, -0.2) is 9.55 Å². The maximum absolute atomic E-state index is 13.9. The van der Waals surface area contributed by atoms with Gasteiger partial charge >= 0.3 is 5.69 Å². The topological polar surface area (TPSA) is 60.9 Å². The first-order valence-corrected chi connectivity index (χ1v) is 6.47. The van der Waals surface area contributed by atoms with E-state index in [2.05, 4.69) is 20.9 Å². The molecule has 2 rings (SSSR count). The summed E-state index contributed by atoms with van der Waals surface area (Å²) in [5.41, 5.74) is 6.87. The summed E-state index contributed by atoms with van der Waals surface area (Å²) in [6.45, 7) is 3.63. The van der Waals surface area contributed by atoms with Crippen molar-refractivity contribution in [1.82, 2.24) is 9.55 Å². The van der Waals surface area contributed by atoms with E-state index in [-0.39, 0.29) is 12.2 Å². The van der Waals surface area contributed by atoms with Crippen LogP contribution in [-0.2, 0) is 6.54 Å². The highest BCUT2D eigenvalue weighted by atomic mass is 79.9. The Labute approximate surface area is 118 Å². The van der Waals surface area contributed by atoms with E-state index in [0.29, 0.717) is 17.0 Å². The predicted octanol–water partition coefficient (Wildman–Crippen LogP) is 2.39. The Hall–Kier alpha value is -1.69. The molecule has 6 heteroatoms. The van der Waals surface area contributed by atoms with E-state index in [1.54, 1.807) is 26.0 Å². The summed E-state index contributed by atoms with van der Waals surface area (Å²) in [7, 11) is 0. The summed E-state index contributed by atoms with van der Waals surface area (Å²) in [6.07, 6.45) is 0. The highest BCUT2D eigenvalue weighted by Gasteiger charge is 2.12. The molecule has 2 N–H and O–H groups in total. The Morgan fingerprint density at radius 2 is 2.11 bits per heavy atom. The Balaban J connectivity index is 2.53. The number of aromatic nitrogens is 2. The summed E-state index contributed by atoms with van der Waals surface area (Å²) < 4.78 is 16.0. The van der Waals surface area contributed by atoms with E-state index in [1.807, 2.05) is 0 Å². The van der Waals surface area contributed by atoms with Crippen LogP contribution in [0.3, 0.4) is 0 Å². The lowest BCUT2D eigenvalue weighted by molar-refractivity contribution is 0.592. The summed E-state index contributed by atoms with van der Waals surface area (Å²) in [4.78, 5) is 15.8. The normalized spacial score (nSPS) is 10.7. The number of anilines is 1. The highest BCUT2D eigenvalue weighted by Crippen LogP contribution is 2.19. The average molecular weight is 326 g/mol. The fraction of sp³-hybridized carbons (Fsp3) is 0.231. The van der Waals surface area contributed by atoms with Gasteiger partial charge in [-0.25, -0.2) is 9.18 Å². The largest absolute Gasteiger partial charge is 0.396 e. The minimum absolute atomic E-state index is 0.0716. The number of halogens is 2. The average Bonchev–Trinajstić information content (AvgIpc) is 2.37. The molecule has 1 aromatic carbocycles. The second-order valence-electron chi connectivity index (χ2n) is 4.29. The molecule has 0 saturated heterocycles. The molecule has 2 aromatic rings. The van der Waals surface area contributed by atoms with E-state index < -0.39 is 11.5 Å². The van der Waals surface area contributed by atoms with Crippen LogP contribution in [0.25, 0.3) is 0 Å². The van der Waals surface area contributed by atoms with Crippen LogP contribution < -0.4 is 11.4 Å². The lowest BCUT2D eigenvalue weighted by Crippen LogP contribution is -2.27. The molecule has 0 bridgehead atoms. The van der Waals surface area contributed by atoms with Crippen LogP contribution in [0, 0.1) is 19.7 Å². The summed E-state index contributed by atoms with van der Waals surface area (Å²) in [5, 5.41) is 0. The molecule has 0 unspecified atom stereocenters. The quantitative estimate of drug-likeness (QED) is 0.862. The first kappa shape index (κ1) is 13.7. The number of nitrogen functional groups attached to an aromatic ring is 1. The van der Waals surface area contributed by atoms with Crippen LogP contribution in [0.4, 0.5) is 10.1 Å². The SMILES string of the molecule is Cc1nc(=O)n(Cc2cccc(N)c2F)c(C)c1Br. The fourth-order valence-electron chi connectivity index (χ4n) is 1.85. The van der Waals surface area contributed by atoms with E-state index >= 15 is 0 Å². The minimum atomic E-state index is -0.495. The van der Waals surface area contributed by atoms with E-state index in [1.165, 1.54) is 10.6 Å². The van der Waals surface area contributed by atoms with Gasteiger partial charge in [0.1, 0.15) is 0 Å². The lowest BCUT2D eigenvalue weighted by atomic mass is 10.2. The molecule has 1 heterocycles. The van der Waals surface area contributed by atoms with Gasteiger partial charge in [-0.1, -0.05) is 12.1 Å². The van der Waals surface area contributed by atoms with Crippen molar-refractivity contribution in [1.29, 1.82) is 0 Å². The Bertz CT molecular complexity index is 697. The second-order valence-corrected chi connectivity index (χ2v) is 5.08. The van der Waals surface area contributed by atoms with Gasteiger partial charge in [0.2, 0.25) is 0 Å². The molecule has 0 spiro atoms. The number of hydrogen-bond donors (Lipinski definition) is 1. The van der Waals surface area contributed by atoms with Gasteiger partial charge in [-0.2, -0.15) is 4.98 Å². The third-order valence-electron chi connectivity index (χ3n) is 2.97. The van der Waals surface area contributed by atoms with Gasteiger partial charge < -0.3 is 5.73 Å². The molecule has 0 aliphatic carbocycles.